The fourth-order valence-corrected chi connectivity index (χ4v) is 4.67. The first-order chi connectivity index (χ1) is 11.8. The largest absolute Gasteiger partial charge is 0.351 e. The molecule has 1 N–H and O–H groups in total. The minimum Gasteiger partial charge on any atom is -0.351 e. The number of benzene rings is 1. The average molecular weight is 365 g/mol. The van der Waals surface area contributed by atoms with Crippen LogP contribution in [-0.2, 0) is 14.8 Å². The van der Waals surface area contributed by atoms with Gasteiger partial charge in [0.05, 0.1) is 10.9 Å². The summed E-state index contributed by atoms with van der Waals surface area (Å²) in [6.07, 6.45) is 1.64. The quantitative estimate of drug-likeness (QED) is 0.772. The third-order valence-electron chi connectivity index (χ3n) is 4.58. The van der Waals surface area contributed by atoms with E-state index in [2.05, 4.69) is 11.9 Å². The number of hydrogen-bond donors (Lipinski definition) is 1. The lowest BCUT2D eigenvalue weighted by Gasteiger charge is -2.36. The molecular weight excluding hydrogens is 338 g/mol. The molecule has 25 heavy (non-hydrogen) atoms. The molecule has 1 aromatic rings. The first kappa shape index (κ1) is 19.6. The van der Waals surface area contributed by atoms with E-state index in [1.807, 2.05) is 37.8 Å². The third-order valence-corrected chi connectivity index (χ3v) is 6.62. The molecular formula is C18H27N3O3S. The number of aryl methyl sites for hydroxylation is 2. The Labute approximate surface area is 150 Å². The number of nitrogens with one attached hydrogen (secondary N) is 1. The van der Waals surface area contributed by atoms with Crippen LogP contribution >= 0.6 is 0 Å². The molecule has 2 rings (SSSR count). The first-order valence-corrected chi connectivity index (χ1v) is 9.91. The molecule has 0 aromatic heterocycles. The van der Waals surface area contributed by atoms with Gasteiger partial charge in [0, 0.05) is 32.7 Å². The van der Waals surface area contributed by atoms with E-state index in [1.165, 1.54) is 4.31 Å². The SMILES string of the molecule is C=CCNC(=O)[C@H](C)N1CCN(S(=O)(=O)c2cc(C)ccc2C)CC1. The van der Waals surface area contributed by atoms with Gasteiger partial charge in [-0.2, -0.15) is 4.31 Å². The van der Waals surface area contributed by atoms with Crippen LogP contribution in [0.25, 0.3) is 0 Å². The second-order valence-electron chi connectivity index (χ2n) is 6.42. The Bertz CT molecular complexity index is 738. The van der Waals surface area contributed by atoms with Gasteiger partial charge in [0.2, 0.25) is 15.9 Å². The van der Waals surface area contributed by atoms with Crippen LogP contribution in [-0.4, -0.2) is 62.3 Å². The van der Waals surface area contributed by atoms with Crippen LogP contribution in [0.3, 0.4) is 0 Å². The Morgan fingerprint density at radius 1 is 1.28 bits per heavy atom. The molecule has 1 saturated heterocycles. The Kier molecular flexibility index (Phi) is 6.37. The fraction of sp³-hybridized carbons (Fsp3) is 0.500. The van der Waals surface area contributed by atoms with Crippen LogP contribution in [0.5, 0.6) is 0 Å². The highest BCUT2D eigenvalue weighted by Gasteiger charge is 2.32. The molecule has 0 bridgehead atoms. The summed E-state index contributed by atoms with van der Waals surface area (Å²) in [6, 6.07) is 5.19. The van der Waals surface area contributed by atoms with Crippen molar-refractivity contribution in [2.24, 2.45) is 0 Å². The molecule has 1 fully saturated rings. The predicted molar refractivity (Wildman–Crippen MR) is 98.9 cm³/mol. The molecule has 0 spiro atoms. The van der Waals surface area contributed by atoms with Crippen LogP contribution < -0.4 is 5.32 Å². The van der Waals surface area contributed by atoms with Crippen LogP contribution in [0.4, 0.5) is 0 Å². The lowest BCUT2D eigenvalue weighted by atomic mass is 10.2. The molecule has 1 amide bonds. The van der Waals surface area contributed by atoms with Gasteiger partial charge >= 0.3 is 0 Å². The van der Waals surface area contributed by atoms with Crippen molar-refractivity contribution in [1.82, 2.24) is 14.5 Å². The number of carbonyl (C=O) groups excluding carboxylic acids is 1. The Morgan fingerprint density at radius 3 is 2.52 bits per heavy atom. The van der Waals surface area contributed by atoms with Crippen molar-refractivity contribution in [2.45, 2.75) is 31.7 Å². The van der Waals surface area contributed by atoms with Crippen molar-refractivity contribution in [3.05, 3.63) is 42.0 Å². The zero-order valence-electron chi connectivity index (χ0n) is 15.2. The molecule has 0 aliphatic carbocycles. The van der Waals surface area contributed by atoms with E-state index in [4.69, 9.17) is 0 Å². The molecule has 0 unspecified atom stereocenters. The van der Waals surface area contributed by atoms with Crippen molar-refractivity contribution in [1.29, 1.82) is 0 Å². The van der Waals surface area contributed by atoms with E-state index in [0.717, 1.165) is 11.1 Å². The normalized spacial score (nSPS) is 17.9. The van der Waals surface area contributed by atoms with Gasteiger partial charge in [-0.1, -0.05) is 18.2 Å². The van der Waals surface area contributed by atoms with E-state index >= 15 is 0 Å². The molecule has 1 aromatic carbocycles. The molecule has 0 saturated carbocycles. The highest BCUT2D eigenvalue weighted by Crippen LogP contribution is 2.22. The van der Waals surface area contributed by atoms with Crippen LogP contribution in [0.15, 0.2) is 35.7 Å². The summed E-state index contributed by atoms with van der Waals surface area (Å²) in [4.78, 5) is 14.4. The van der Waals surface area contributed by atoms with Gasteiger partial charge in [-0.3, -0.25) is 9.69 Å². The van der Waals surface area contributed by atoms with Crippen molar-refractivity contribution in [3.8, 4) is 0 Å². The summed E-state index contributed by atoms with van der Waals surface area (Å²) in [5, 5.41) is 2.78. The number of nitrogens with zero attached hydrogens (tertiary/aromatic N) is 2. The number of piperazine rings is 1. The average Bonchev–Trinajstić information content (AvgIpc) is 2.61. The highest BCUT2D eigenvalue weighted by molar-refractivity contribution is 7.89. The second-order valence-corrected chi connectivity index (χ2v) is 8.33. The standard InChI is InChI=1S/C18H27N3O3S/c1-5-8-19-18(22)16(4)20-9-11-21(12-10-20)25(23,24)17-13-14(2)6-7-15(17)3/h5-7,13,16H,1,8-12H2,2-4H3,(H,19,22)/t16-/m0/s1. The number of hydrogen-bond acceptors (Lipinski definition) is 4. The number of amides is 1. The summed E-state index contributed by atoms with van der Waals surface area (Å²) in [5.74, 6) is -0.0641. The predicted octanol–water partition coefficient (Wildman–Crippen LogP) is 1.30. The maximum absolute atomic E-state index is 12.9. The molecule has 1 heterocycles. The van der Waals surface area contributed by atoms with E-state index in [-0.39, 0.29) is 11.9 Å². The minimum atomic E-state index is -3.51. The Balaban J connectivity index is 2.05. The van der Waals surface area contributed by atoms with Gasteiger partial charge in [-0.15, -0.1) is 6.58 Å². The van der Waals surface area contributed by atoms with Gasteiger partial charge < -0.3 is 5.32 Å². The van der Waals surface area contributed by atoms with Crippen LogP contribution in [0.2, 0.25) is 0 Å². The van der Waals surface area contributed by atoms with Crippen molar-refractivity contribution < 1.29 is 13.2 Å². The van der Waals surface area contributed by atoms with Crippen molar-refractivity contribution in [2.75, 3.05) is 32.7 Å². The fourth-order valence-electron chi connectivity index (χ4n) is 2.94. The lowest BCUT2D eigenvalue weighted by molar-refractivity contribution is -0.126. The van der Waals surface area contributed by atoms with E-state index in [0.29, 0.717) is 37.6 Å². The number of sulfonamides is 1. The molecule has 138 valence electrons. The van der Waals surface area contributed by atoms with Crippen molar-refractivity contribution >= 4 is 15.9 Å². The molecule has 6 nitrogen and oxygen atoms in total. The summed E-state index contributed by atoms with van der Waals surface area (Å²) < 4.78 is 27.4. The number of rotatable bonds is 6. The molecule has 0 radical (unpaired) electrons. The van der Waals surface area contributed by atoms with Gasteiger partial charge in [-0.05, 0) is 38.0 Å². The molecule has 1 atom stereocenters. The minimum absolute atomic E-state index is 0.0641. The van der Waals surface area contributed by atoms with E-state index in [9.17, 15) is 13.2 Å². The van der Waals surface area contributed by atoms with Crippen LogP contribution in [0, 0.1) is 13.8 Å². The van der Waals surface area contributed by atoms with Gasteiger partial charge in [0.25, 0.3) is 0 Å². The Hall–Kier alpha value is -1.70. The van der Waals surface area contributed by atoms with Gasteiger partial charge in [0.15, 0.2) is 0 Å². The maximum Gasteiger partial charge on any atom is 0.243 e. The molecule has 7 heteroatoms. The van der Waals surface area contributed by atoms with Crippen molar-refractivity contribution in [3.63, 3.8) is 0 Å². The Morgan fingerprint density at radius 2 is 1.92 bits per heavy atom. The monoisotopic (exact) mass is 365 g/mol. The summed E-state index contributed by atoms with van der Waals surface area (Å²) in [6.45, 7) is 11.4. The van der Waals surface area contributed by atoms with E-state index < -0.39 is 10.0 Å². The second kappa shape index (κ2) is 8.12. The lowest BCUT2D eigenvalue weighted by Crippen LogP contribution is -2.54. The molecule has 1 aliphatic heterocycles. The topological polar surface area (TPSA) is 69.7 Å². The smallest absolute Gasteiger partial charge is 0.243 e. The first-order valence-electron chi connectivity index (χ1n) is 8.47. The highest BCUT2D eigenvalue weighted by atomic mass is 32.2. The molecule has 1 aliphatic rings. The summed E-state index contributed by atoms with van der Waals surface area (Å²) in [5.41, 5.74) is 1.68. The van der Waals surface area contributed by atoms with E-state index in [1.54, 1.807) is 12.1 Å². The maximum atomic E-state index is 12.9. The zero-order chi connectivity index (χ0) is 18.6. The van der Waals surface area contributed by atoms with Crippen LogP contribution in [0.1, 0.15) is 18.1 Å². The van der Waals surface area contributed by atoms with Gasteiger partial charge in [-0.25, -0.2) is 8.42 Å². The third kappa shape index (κ3) is 4.48. The van der Waals surface area contributed by atoms with Gasteiger partial charge in [0.1, 0.15) is 0 Å². The summed E-state index contributed by atoms with van der Waals surface area (Å²) >= 11 is 0. The number of carbonyl (C=O) groups is 1. The zero-order valence-corrected chi connectivity index (χ0v) is 16.0. The summed E-state index contributed by atoms with van der Waals surface area (Å²) in [7, 11) is -3.51.